The van der Waals surface area contributed by atoms with Crippen LogP contribution in [-0.4, -0.2) is 54.2 Å². The first-order valence-corrected chi connectivity index (χ1v) is 8.59. The van der Waals surface area contributed by atoms with Crippen LogP contribution in [0.2, 0.25) is 0 Å². The lowest BCUT2D eigenvalue weighted by Crippen LogP contribution is -2.48. The van der Waals surface area contributed by atoms with Gasteiger partial charge in [-0.25, -0.2) is 13.1 Å². The van der Waals surface area contributed by atoms with E-state index in [4.69, 9.17) is 4.74 Å². The van der Waals surface area contributed by atoms with E-state index in [0.29, 0.717) is 24.6 Å². The predicted molar refractivity (Wildman–Crippen MR) is 82.2 cm³/mol. The number of carbonyl (C=O) groups excluding carboxylic acids is 1. The molecule has 1 aromatic carbocycles. The largest absolute Gasteiger partial charge is 0.383 e. The highest BCUT2D eigenvalue weighted by molar-refractivity contribution is 7.89. The average Bonchev–Trinajstić information content (AvgIpc) is 2.46. The fourth-order valence-corrected chi connectivity index (χ4v) is 2.99. The summed E-state index contributed by atoms with van der Waals surface area (Å²) in [5, 5.41) is 5.98. The summed E-state index contributed by atoms with van der Waals surface area (Å²) in [5.41, 5.74) is 0.447. The van der Waals surface area contributed by atoms with E-state index < -0.39 is 10.0 Å². The number of nitrogens with one attached hydrogen (secondary N) is 3. The third kappa shape index (κ3) is 4.51. The molecule has 0 aliphatic carbocycles. The average molecular weight is 327 g/mol. The first-order valence-electron chi connectivity index (χ1n) is 7.10. The van der Waals surface area contributed by atoms with Crippen LogP contribution in [0.4, 0.5) is 0 Å². The van der Waals surface area contributed by atoms with E-state index >= 15 is 0 Å². The molecule has 8 heteroatoms. The molecule has 7 nitrogen and oxygen atoms in total. The van der Waals surface area contributed by atoms with Crippen LogP contribution in [0, 0.1) is 5.92 Å². The van der Waals surface area contributed by atoms with E-state index in [1.54, 1.807) is 0 Å². The zero-order valence-corrected chi connectivity index (χ0v) is 13.3. The molecule has 0 saturated carbocycles. The number of amides is 1. The molecule has 1 saturated heterocycles. The summed E-state index contributed by atoms with van der Waals surface area (Å²) in [7, 11) is -2.06. The van der Waals surface area contributed by atoms with Gasteiger partial charge in [-0.15, -0.1) is 0 Å². The lowest BCUT2D eigenvalue weighted by Gasteiger charge is -2.27. The van der Waals surface area contributed by atoms with Gasteiger partial charge in [-0.05, 0) is 24.3 Å². The Morgan fingerprint density at radius 3 is 2.55 bits per heavy atom. The standard InChI is InChI=1S/C14H21N3O4S/c1-21-7-6-17-22(19,20)13-4-2-12(3-5-13)14(18)16-10-11-8-15-9-11/h2-5,11,15,17H,6-10H2,1H3,(H,16,18). The Bertz CT molecular complexity index is 597. The molecule has 122 valence electrons. The summed E-state index contributed by atoms with van der Waals surface area (Å²) in [5.74, 6) is 0.289. The fraction of sp³-hybridized carbons (Fsp3) is 0.500. The normalized spacial score (nSPS) is 15.3. The van der Waals surface area contributed by atoms with Gasteiger partial charge in [0.1, 0.15) is 0 Å². The van der Waals surface area contributed by atoms with Gasteiger partial charge >= 0.3 is 0 Å². The van der Waals surface area contributed by atoms with Crippen molar-refractivity contribution in [3.8, 4) is 0 Å². The molecular formula is C14H21N3O4S. The maximum atomic E-state index is 12.0. The monoisotopic (exact) mass is 327 g/mol. The first-order chi connectivity index (χ1) is 10.5. The smallest absolute Gasteiger partial charge is 0.251 e. The lowest BCUT2D eigenvalue weighted by molar-refractivity contribution is 0.0942. The highest BCUT2D eigenvalue weighted by atomic mass is 32.2. The Morgan fingerprint density at radius 2 is 2.00 bits per heavy atom. The maximum absolute atomic E-state index is 12.0. The topological polar surface area (TPSA) is 96.5 Å². The second kappa shape index (κ2) is 7.68. The van der Waals surface area contributed by atoms with Gasteiger partial charge in [-0.1, -0.05) is 0 Å². The minimum Gasteiger partial charge on any atom is -0.383 e. The van der Waals surface area contributed by atoms with E-state index in [1.165, 1.54) is 31.4 Å². The van der Waals surface area contributed by atoms with Crippen molar-refractivity contribution in [2.75, 3.05) is 39.9 Å². The van der Waals surface area contributed by atoms with Gasteiger partial charge < -0.3 is 15.4 Å². The molecule has 1 aliphatic heterocycles. The molecule has 3 N–H and O–H groups in total. The van der Waals surface area contributed by atoms with E-state index in [1.807, 2.05) is 0 Å². The van der Waals surface area contributed by atoms with Gasteiger partial charge in [0, 0.05) is 44.8 Å². The van der Waals surface area contributed by atoms with E-state index in [0.717, 1.165) is 13.1 Å². The minimum atomic E-state index is -3.57. The zero-order chi connectivity index (χ0) is 16.0. The Balaban J connectivity index is 1.92. The van der Waals surface area contributed by atoms with Crippen LogP contribution in [-0.2, 0) is 14.8 Å². The molecule has 1 amide bonds. The quantitative estimate of drug-likeness (QED) is 0.563. The molecular weight excluding hydrogens is 306 g/mol. The van der Waals surface area contributed by atoms with Crippen LogP contribution in [0.1, 0.15) is 10.4 Å². The fourth-order valence-electron chi connectivity index (χ4n) is 1.98. The van der Waals surface area contributed by atoms with E-state index in [-0.39, 0.29) is 17.3 Å². The molecule has 22 heavy (non-hydrogen) atoms. The summed E-state index contributed by atoms with van der Waals surface area (Å²) in [4.78, 5) is 12.1. The summed E-state index contributed by atoms with van der Waals surface area (Å²) in [6.45, 7) is 2.98. The van der Waals surface area contributed by atoms with Crippen molar-refractivity contribution in [2.45, 2.75) is 4.90 Å². The molecule has 0 spiro atoms. The number of methoxy groups -OCH3 is 1. The van der Waals surface area contributed by atoms with Crippen molar-refractivity contribution in [1.82, 2.24) is 15.4 Å². The van der Waals surface area contributed by atoms with Crippen LogP contribution in [0.25, 0.3) is 0 Å². The maximum Gasteiger partial charge on any atom is 0.251 e. The predicted octanol–water partition coefficient (Wildman–Crippen LogP) is -0.439. The van der Waals surface area contributed by atoms with Crippen molar-refractivity contribution < 1.29 is 17.9 Å². The van der Waals surface area contributed by atoms with Crippen molar-refractivity contribution in [1.29, 1.82) is 0 Å². The lowest BCUT2D eigenvalue weighted by atomic mass is 10.0. The molecule has 1 heterocycles. The summed E-state index contributed by atoms with van der Waals surface area (Å²) >= 11 is 0. The summed E-state index contributed by atoms with van der Waals surface area (Å²) in [6.07, 6.45) is 0. The van der Waals surface area contributed by atoms with E-state index in [2.05, 4.69) is 15.4 Å². The minimum absolute atomic E-state index is 0.128. The Morgan fingerprint density at radius 1 is 1.32 bits per heavy atom. The van der Waals surface area contributed by atoms with Gasteiger partial charge in [0.15, 0.2) is 0 Å². The van der Waals surface area contributed by atoms with Crippen molar-refractivity contribution in [3.63, 3.8) is 0 Å². The van der Waals surface area contributed by atoms with Crippen LogP contribution >= 0.6 is 0 Å². The molecule has 0 atom stereocenters. The van der Waals surface area contributed by atoms with Gasteiger partial charge in [0.25, 0.3) is 5.91 Å². The number of carbonyl (C=O) groups is 1. The second-order valence-corrected chi connectivity index (χ2v) is 6.92. The Kier molecular flexibility index (Phi) is 5.90. The molecule has 1 fully saturated rings. The molecule has 2 rings (SSSR count). The number of benzene rings is 1. The SMILES string of the molecule is COCCNS(=O)(=O)c1ccc(C(=O)NCC2CNC2)cc1. The highest BCUT2D eigenvalue weighted by Gasteiger charge is 2.18. The number of hydrogen-bond acceptors (Lipinski definition) is 5. The zero-order valence-electron chi connectivity index (χ0n) is 12.5. The number of sulfonamides is 1. The molecule has 0 unspecified atom stereocenters. The number of ether oxygens (including phenoxy) is 1. The third-order valence-corrected chi connectivity index (χ3v) is 4.92. The Hall–Kier alpha value is -1.48. The second-order valence-electron chi connectivity index (χ2n) is 5.15. The van der Waals surface area contributed by atoms with Crippen LogP contribution in [0.3, 0.4) is 0 Å². The number of hydrogen-bond donors (Lipinski definition) is 3. The van der Waals surface area contributed by atoms with Gasteiger partial charge in [0.05, 0.1) is 11.5 Å². The molecule has 0 bridgehead atoms. The van der Waals surface area contributed by atoms with Gasteiger partial charge in [-0.2, -0.15) is 0 Å². The van der Waals surface area contributed by atoms with Crippen LogP contribution in [0.15, 0.2) is 29.2 Å². The van der Waals surface area contributed by atoms with Gasteiger partial charge in [-0.3, -0.25) is 4.79 Å². The van der Waals surface area contributed by atoms with Crippen LogP contribution < -0.4 is 15.4 Å². The number of rotatable bonds is 8. The van der Waals surface area contributed by atoms with E-state index in [9.17, 15) is 13.2 Å². The van der Waals surface area contributed by atoms with Crippen molar-refractivity contribution >= 4 is 15.9 Å². The Labute approximate surface area is 130 Å². The van der Waals surface area contributed by atoms with Crippen molar-refractivity contribution in [2.24, 2.45) is 5.92 Å². The molecule has 0 radical (unpaired) electrons. The summed E-state index contributed by atoms with van der Waals surface area (Å²) in [6, 6.07) is 5.88. The molecule has 1 aliphatic rings. The molecule has 0 aromatic heterocycles. The highest BCUT2D eigenvalue weighted by Crippen LogP contribution is 2.10. The van der Waals surface area contributed by atoms with Gasteiger partial charge in [0.2, 0.25) is 10.0 Å². The third-order valence-electron chi connectivity index (χ3n) is 3.44. The first kappa shape index (κ1) is 16.9. The summed E-state index contributed by atoms with van der Waals surface area (Å²) < 4.78 is 31.2. The van der Waals surface area contributed by atoms with Crippen molar-refractivity contribution in [3.05, 3.63) is 29.8 Å². The van der Waals surface area contributed by atoms with Crippen LogP contribution in [0.5, 0.6) is 0 Å². The molecule has 1 aromatic rings.